The Morgan fingerprint density at radius 3 is 2.74 bits per heavy atom. The van der Waals surface area contributed by atoms with E-state index in [1.54, 1.807) is 7.11 Å². The van der Waals surface area contributed by atoms with Crippen LogP contribution in [0.1, 0.15) is 32.6 Å². The molecule has 2 atom stereocenters. The van der Waals surface area contributed by atoms with Crippen LogP contribution in [0.15, 0.2) is 24.3 Å². The molecule has 1 aliphatic carbocycles. The molecule has 1 aromatic rings. The first-order valence-electron chi connectivity index (χ1n) is 7.29. The van der Waals surface area contributed by atoms with Gasteiger partial charge in [-0.25, -0.2) is 0 Å². The second-order valence-corrected chi connectivity index (χ2v) is 5.42. The predicted octanol–water partition coefficient (Wildman–Crippen LogP) is 3.24. The Hall–Kier alpha value is -1.22. The molecule has 0 amide bonds. The van der Waals surface area contributed by atoms with Crippen LogP contribution >= 0.6 is 0 Å². The van der Waals surface area contributed by atoms with Gasteiger partial charge in [-0.3, -0.25) is 0 Å². The number of ether oxygens (including phenoxy) is 2. The van der Waals surface area contributed by atoms with E-state index < -0.39 is 0 Å². The molecule has 2 unspecified atom stereocenters. The normalized spacial score (nSPS) is 23.1. The first kappa shape index (κ1) is 14.2. The zero-order valence-electron chi connectivity index (χ0n) is 12.0. The third-order valence-electron chi connectivity index (χ3n) is 3.80. The largest absolute Gasteiger partial charge is 0.493 e. The minimum absolute atomic E-state index is 0.671. The summed E-state index contributed by atoms with van der Waals surface area (Å²) in [6, 6.07) is 8.46. The van der Waals surface area contributed by atoms with E-state index in [0.717, 1.165) is 24.0 Å². The highest BCUT2D eigenvalue weighted by atomic mass is 16.5. The molecule has 106 valence electrons. The minimum Gasteiger partial charge on any atom is -0.493 e. The number of nitrogens with one attached hydrogen (secondary N) is 1. The lowest BCUT2D eigenvalue weighted by molar-refractivity contribution is 0.259. The van der Waals surface area contributed by atoms with Crippen LogP contribution < -0.4 is 14.8 Å². The zero-order chi connectivity index (χ0) is 13.5. The van der Waals surface area contributed by atoms with Crippen molar-refractivity contribution in [3.63, 3.8) is 0 Å². The predicted molar refractivity (Wildman–Crippen MR) is 77.9 cm³/mol. The maximum Gasteiger partial charge on any atom is 0.161 e. The van der Waals surface area contributed by atoms with Gasteiger partial charge in [0.1, 0.15) is 6.61 Å². The molecule has 0 radical (unpaired) electrons. The standard InChI is InChI=1S/C16H25NO2/c1-13-6-5-7-14(12-13)17-10-11-19-16-9-4-3-8-15(16)18-2/h3-4,8-9,13-14,17H,5-7,10-12H2,1-2H3. The molecule has 0 heterocycles. The molecule has 3 heteroatoms. The Kier molecular flexibility index (Phi) is 5.52. The summed E-state index contributed by atoms with van der Waals surface area (Å²) in [7, 11) is 1.67. The van der Waals surface area contributed by atoms with Crippen LogP contribution in [0.25, 0.3) is 0 Å². The maximum atomic E-state index is 5.76. The van der Waals surface area contributed by atoms with Crippen molar-refractivity contribution in [3.8, 4) is 11.5 Å². The molecular weight excluding hydrogens is 238 g/mol. The fourth-order valence-corrected chi connectivity index (χ4v) is 2.78. The van der Waals surface area contributed by atoms with Crippen molar-refractivity contribution in [2.45, 2.75) is 38.6 Å². The third kappa shape index (κ3) is 4.43. The van der Waals surface area contributed by atoms with Crippen molar-refractivity contribution < 1.29 is 9.47 Å². The van der Waals surface area contributed by atoms with Gasteiger partial charge < -0.3 is 14.8 Å². The van der Waals surface area contributed by atoms with Gasteiger partial charge in [-0.1, -0.05) is 31.9 Å². The topological polar surface area (TPSA) is 30.5 Å². The number of hydrogen-bond acceptors (Lipinski definition) is 3. The van der Waals surface area contributed by atoms with Crippen molar-refractivity contribution in [1.82, 2.24) is 5.32 Å². The lowest BCUT2D eigenvalue weighted by Crippen LogP contribution is -2.36. The van der Waals surface area contributed by atoms with E-state index in [0.29, 0.717) is 12.6 Å². The summed E-state index contributed by atoms with van der Waals surface area (Å²) in [5, 5.41) is 3.59. The average molecular weight is 263 g/mol. The Balaban J connectivity index is 1.69. The summed E-state index contributed by atoms with van der Waals surface area (Å²) in [4.78, 5) is 0. The Bertz CT molecular complexity index is 381. The van der Waals surface area contributed by atoms with Gasteiger partial charge in [0.25, 0.3) is 0 Å². The summed E-state index contributed by atoms with van der Waals surface area (Å²) in [5.74, 6) is 2.49. The second-order valence-electron chi connectivity index (χ2n) is 5.42. The number of hydrogen-bond donors (Lipinski definition) is 1. The van der Waals surface area contributed by atoms with Gasteiger partial charge in [0, 0.05) is 12.6 Å². The molecule has 0 saturated heterocycles. The number of benzene rings is 1. The second kappa shape index (κ2) is 7.39. The number of methoxy groups -OCH3 is 1. The molecule has 0 aromatic heterocycles. The molecule has 1 N–H and O–H groups in total. The monoisotopic (exact) mass is 263 g/mol. The van der Waals surface area contributed by atoms with Crippen molar-refractivity contribution in [1.29, 1.82) is 0 Å². The van der Waals surface area contributed by atoms with Gasteiger partial charge in [-0.05, 0) is 30.9 Å². The lowest BCUT2D eigenvalue weighted by atomic mass is 9.87. The van der Waals surface area contributed by atoms with Crippen LogP contribution in [-0.2, 0) is 0 Å². The molecule has 1 fully saturated rings. The molecule has 1 saturated carbocycles. The van der Waals surface area contributed by atoms with Gasteiger partial charge in [0.05, 0.1) is 7.11 Å². The molecule has 0 bridgehead atoms. The molecule has 0 aliphatic heterocycles. The smallest absolute Gasteiger partial charge is 0.161 e. The molecule has 1 aromatic carbocycles. The highest BCUT2D eigenvalue weighted by molar-refractivity contribution is 5.39. The SMILES string of the molecule is COc1ccccc1OCCNC1CCCC(C)C1. The summed E-state index contributed by atoms with van der Waals surface area (Å²) >= 11 is 0. The van der Waals surface area contributed by atoms with E-state index in [2.05, 4.69) is 12.2 Å². The molecule has 19 heavy (non-hydrogen) atoms. The Morgan fingerprint density at radius 1 is 1.21 bits per heavy atom. The van der Waals surface area contributed by atoms with Gasteiger partial charge in [-0.15, -0.1) is 0 Å². The van der Waals surface area contributed by atoms with Crippen LogP contribution in [0, 0.1) is 5.92 Å². The lowest BCUT2D eigenvalue weighted by Gasteiger charge is -2.27. The van der Waals surface area contributed by atoms with E-state index in [4.69, 9.17) is 9.47 Å². The summed E-state index contributed by atoms with van der Waals surface area (Å²) in [6.07, 6.45) is 5.34. The van der Waals surface area contributed by atoms with E-state index in [9.17, 15) is 0 Å². The highest BCUT2D eigenvalue weighted by Gasteiger charge is 2.17. The molecule has 0 spiro atoms. The Morgan fingerprint density at radius 2 is 2.00 bits per heavy atom. The van der Waals surface area contributed by atoms with Gasteiger partial charge >= 0.3 is 0 Å². The van der Waals surface area contributed by atoms with Crippen molar-refractivity contribution in [3.05, 3.63) is 24.3 Å². The maximum absolute atomic E-state index is 5.76. The van der Waals surface area contributed by atoms with E-state index >= 15 is 0 Å². The van der Waals surface area contributed by atoms with Crippen molar-refractivity contribution >= 4 is 0 Å². The first-order chi connectivity index (χ1) is 9.29. The molecule has 1 aliphatic rings. The van der Waals surface area contributed by atoms with E-state index in [1.165, 1.54) is 25.7 Å². The first-order valence-corrected chi connectivity index (χ1v) is 7.29. The average Bonchev–Trinajstić information content (AvgIpc) is 2.44. The summed E-state index contributed by atoms with van der Waals surface area (Å²) in [5.41, 5.74) is 0. The zero-order valence-corrected chi connectivity index (χ0v) is 12.0. The fourth-order valence-electron chi connectivity index (χ4n) is 2.78. The summed E-state index contributed by atoms with van der Waals surface area (Å²) in [6.45, 7) is 3.93. The van der Waals surface area contributed by atoms with E-state index in [1.807, 2.05) is 24.3 Å². The van der Waals surface area contributed by atoms with Gasteiger partial charge in [-0.2, -0.15) is 0 Å². The summed E-state index contributed by atoms with van der Waals surface area (Å²) < 4.78 is 11.0. The molecule has 3 nitrogen and oxygen atoms in total. The highest BCUT2D eigenvalue weighted by Crippen LogP contribution is 2.26. The van der Waals surface area contributed by atoms with Crippen LogP contribution in [0.5, 0.6) is 11.5 Å². The third-order valence-corrected chi connectivity index (χ3v) is 3.80. The quantitative estimate of drug-likeness (QED) is 0.799. The fraction of sp³-hybridized carbons (Fsp3) is 0.625. The molecular formula is C16H25NO2. The van der Waals surface area contributed by atoms with Gasteiger partial charge in [0.2, 0.25) is 0 Å². The van der Waals surface area contributed by atoms with Crippen LogP contribution in [0.3, 0.4) is 0 Å². The number of para-hydroxylation sites is 2. The molecule has 2 rings (SSSR count). The Labute approximate surface area is 116 Å². The van der Waals surface area contributed by atoms with E-state index in [-0.39, 0.29) is 0 Å². The number of rotatable bonds is 6. The van der Waals surface area contributed by atoms with Crippen LogP contribution in [-0.4, -0.2) is 26.3 Å². The van der Waals surface area contributed by atoms with Crippen LogP contribution in [0.2, 0.25) is 0 Å². The van der Waals surface area contributed by atoms with Crippen molar-refractivity contribution in [2.75, 3.05) is 20.3 Å². The van der Waals surface area contributed by atoms with Gasteiger partial charge in [0.15, 0.2) is 11.5 Å². The minimum atomic E-state index is 0.671. The van der Waals surface area contributed by atoms with Crippen molar-refractivity contribution in [2.24, 2.45) is 5.92 Å². The van der Waals surface area contributed by atoms with Crippen LogP contribution in [0.4, 0.5) is 0 Å².